The molecule has 1 atom stereocenters. The topological polar surface area (TPSA) is 97.1 Å². The van der Waals surface area contributed by atoms with E-state index in [0.29, 0.717) is 10.6 Å². The Bertz CT molecular complexity index is 1070. The van der Waals surface area contributed by atoms with Crippen molar-refractivity contribution in [1.29, 1.82) is 0 Å². The average molecular weight is 439 g/mol. The van der Waals surface area contributed by atoms with Crippen molar-refractivity contribution in [1.82, 2.24) is 20.3 Å². The van der Waals surface area contributed by atoms with Gasteiger partial charge in [0.1, 0.15) is 0 Å². The lowest BCUT2D eigenvalue weighted by molar-refractivity contribution is -0.138. The molecule has 0 saturated heterocycles. The smallest absolute Gasteiger partial charge is 0.416 e. The molecule has 30 heavy (non-hydrogen) atoms. The highest BCUT2D eigenvalue weighted by Gasteiger charge is 2.30. The van der Waals surface area contributed by atoms with Crippen LogP contribution in [0.2, 0.25) is 5.02 Å². The summed E-state index contributed by atoms with van der Waals surface area (Å²) in [6, 6.07) is 9.78. The molecular weight excluding hydrogens is 425 g/mol. The summed E-state index contributed by atoms with van der Waals surface area (Å²) >= 11 is 5.83. The van der Waals surface area contributed by atoms with Gasteiger partial charge >= 0.3 is 12.1 Å². The zero-order valence-electron chi connectivity index (χ0n) is 15.1. The van der Waals surface area contributed by atoms with Crippen molar-refractivity contribution >= 4 is 23.5 Å². The van der Waals surface area contributed by atoms with Gasteiger partial charge in [-0.25, -0.2) is 4.68 Å². The second-order valence-electron chi connectivity index (χ2n) is 6.27. The second-order valence-corrected chi connectivity index (χ2v) is 6.71. The number of carbonyl (C=O) groups is 2. The minimum atomic E-state index is -4.53. The van der Waals surface area contributed by atoms with Crippen molar-refractivity contribution < 1.29 is 27.9 Å². The van der Waals surface area contributed by atoms with Crippen LogP contribution in [0.25, 0.3) is 5.69 Å². The fourth-order valence-electron chi connectivity index (χ4n) is 2.67. The predicted octanol–water partition coefficient (Wildman–Crippen LogP) is 3.89. The fraction of sp³-hybridized carbons (Fsp3) is 0.158. The number of nitrogens with one attached hydrogen (secondary N) is 1. The minimum absolute atomic E-state index is 0.0659. The highest BCUT2D eigenvalue weighted by molar-refractivity contribution is 6.30. The Balaban J connectivity index is 1.81. The summed E-state index contributed by atoms with van der Waals surface area (Å²) in [4.78, 5) is 23.7. The summed E-state index contributed by atoms with van der Waals surface area (Å²) in [6.07, 6.45) is -3.76. The maximum Gasteiger partial charge on any atom is 0.416 e. The second kappa shape index (κ2) is 8.54. The molecule has 11 heteroatoms. The van der Waals surface area contributed by atoms with Crippen molar-refractivity contribution in [3.05, 3.63) is 76.6 Å². The van der Waals surface area contributed by atoms with E-state index in [2.05, 4.69) is 15.6 Å². The van der Waals surface area contributed by atoms with Crippen LogP contribution in [0, 0.1) is 0 Å². The zero-order valence-corrected chi connectivity index (χ0v) is 15.9. The molecule has 1 heterocycles. The normalized spacial score (nSPS) is 12.4. The maximum atomic E-state index is 12.9. The van der Waals surface area contributed by atoms with E-state index in [9.17, 15) is 22.8 Å². The number of nitrogens with zero attached hydrogens (tertiary/aromatic N) is 3. The molecule has 0 radical (unpaired) electrons. The van der Waals surface area contributed by atoms with E-state index in [1.807, 2.05) is 0 Å². The molecule has 3 rings (SSSR count). The van der Waals surface area contributed by atoms with Gasteiger partial charge in [-0.1, -0.05) is 35.0 Å². The number of amides is 1. The zero-order chi connectivity index (χ0) is 21.9. The molecule has 1 amide bonds. The van der Waals surface area contributed by atoms with E-state index < -0.39 is 36.1 Å². The van der Waals surface area contributed by atoms with E-state index in [-0.39, 0.29) is 11.4 Å². The Kier molecular flexibility index (Phi) is 6.06. The van der Waals surface area contributed by atoms with Crippen LogP contribution in [0.5, 0.6) is 0 Å². The van der Waals surface area contributed by atoms with Crippen molar-refractivity contribution in [3.8, 4) is 5.69 Å². The summed E-state index contributed by atoms with van der Waals surface area (Å²) in [5.41, 5.74) is -0.473. The molecule has 1 unspecified atom stereocenters. The summed E-state index contributed by atoms with van der Waals surface area (Å²) in [5, 5.41) is 19.5. The third kappa shape index (κ3) is 5.15. The van der Waals surface area contributed by atoms with Gasteiger partial charge in [-0.2, -0.15) is 13.2 Å². The van der Waals surface area contributed by atoms with Gasteiger partial charge < -0.3 is 10.4 Å². The van der Waals surface area contributed by atoms with E-state index in [1.165, 1.54) is 12.1 Å². The first-order chi connectivity index (χ1) is 14.1. The Morgan fingerprint density at radius 1 is 1.17 bits per heavy atom. The highest BCUT2D eigenvalue weighted by atomic mass is 35.5. The number of halogens is 4. The average Bonchev–Trinajstić information content (AvgIpc) is 3.17. The van der Waals surface area contributed by atoms with Gasteiger partial charge in [0.25, 0.3) is 5.91 Å². The number of hydrogen-bond acceptors (Lipinski definition) is 4. The van der Waals surface area contributed by atoms with Crippen LogP contribution in [0.4, 0.5) is 13.2 Å². The Morgan fingerprint density at radius 2 is 1.87 bits per heavy atom. The molecule has 0 spiro atoms. The Morgan fingerprint density at radius 3 is 2.50 bits per heavy atom. The molecule has 156 valence electrons. The van der Waals surface area contributed by atoms with Gasteiger partial charge in [-0.3, -0.25) is 9.59 Å². The molecule has 0 saturated carbocycles. The van der Waals surface area contributed by atoms with Crippen molar-refractivity contribution in [2.75, 3.05) is 0 Å². The van der Waals surface area contributed by atoms with Crippen LogP contribution >= 0.6 is 11.6 Å². The van der Waals surface area contributed by atoms with E-state index in [4.69, 9.17) is 16.7 Å². The largest absolute Gasteiger partial charge is 0.481 e. The summed E-state index contributed by atoms with van der Waals surface area (Å²) in [5.74, 6) is -1.86. The van der Waals surface area contributed by atoms with Crippen molar-refractivity contribution in [2.24, 2.45) is 0 Å². The number of carboxylic acid groups (broad SMARTS) is 1. The number of rotatable bonds is 6. The van der Waals surface area contributed by atoms with E-state index in [0.717, 1.165) is 23.0 Å². The Labute approximate surface area is 173 Å². The fourth-order valence-corrected chi connectivity index (χ4v) is 2.80. The molecule has 0 aliphatic rings. The molecule has 0 aliphatic carbocycles. The summed E-state index contributed by atoms with van der Waals surface area (Å²) in [6.45, 7) is 0. The molecule has 1 aromatic heterocycles. The Hall–Kier alpha value is -3.40. The van der Waals surface area contributed by atoms with Gasteiger partial charge in [0.2, 0.25) is 0 Å². The number of carboxylic acids is 1. The first kappa shape index (κ1) is 21.3. The number of hydrogen-bond donors (Lipinski definition) is 2. The van der Waals surface area contributed by atoms with Crippen LogP contribution < -0.4 is 5.32 Å². The predicted molar refractivity (Wildman–Crippen MR) is 100 cm³/mol. The van der Waals surface area contributed by atoms with Crippen LogP contribution in [0.3, 0.4) is 0 Å². The number of aliphatic carboxylic acids is 1. The summed E-state index contributed by atoms with van der Waals surface area (Å²) in [7, 11) is 0. The van der Waals surface area contributed by atoms with E-state index in [1.54, 1.807) is 24.3 Å². The van der Waals surface area contributed by atoms with Crippen LogP contribution in [0.1, 0.15) is 34.1 Å². The van der Waals surface area contributed by atoms with E-state index >= 15 is 0 Å². The number of benzene rings is 2. The van der Waals surface area contributed by atoms with Crippen LogP contribution in [-0.4, -0.2) is 32.0 Å². The van der Waals surface area contributed by atoms with Crippen LogP contribution in [0.15, 0.2) is 54.7 Å². The number of carbonyl (C=O) groups excluding carboxylic acids is 1. The number of alkyl halides is 3. The lowest BCUT2D eigenvalue weighted by atomic mass is 10.0. The molecule has 7 nitrogen and oxygen atoms in total. The molecule has 0 fully saturated rings. The molecule has 0 bridgehead atoms. The van der Waals surface area contributed by atoms with Gasteiger partial charge in [-0.05, 0) is 35.9 Å². The maximum absolute atomic E-state index is 12.9. The number of aromatic nitrogens is 3. The SMILES string of the molecule is O=C(O)CC(NC(=O)c1cn(-c2cccc(C(F)(F)F)c2)nn1)c1ccc(Cl)cc1. The quantitative estimate of drug-likeness (QED) is 0.608. The first-order valence-electron chi connectivity index (χ1n) is 8.51. The van der Waals surface area contributed by atoms with Crippen molar-refractivity contribution in [2.45, 2.75) is 18.6 Å². The standard InChI is InChI=1S/C19H14ClF3N4O3/c20-13-6-4-11(5-7-13)15(9-17(28)29)24-18(30)16-10-27(26-25-16)14-3-1-2-12(8-14)19(21,22)23/h1-8,10,15H,9H2,(H,24,30)(H,28,29). The first-order valence-corrected chi connectivity index (χ1v) is 8.89. The molecule has 2 aromatic carbocycles. The molecule has 0 aliphatic heterocycles. The highest BCUT2D eigenvalue weighted by Crippen LogP contribution is 2.30. The molecule has 3 aromatic rings. The van der Waals surface area contributed by atoms with Crippen molar-refractivity contribution in [3.63, 3.8) is 0 Å². The van der Waals surface area contributed by atoms with Gasteiger partial charge in [0.15, 0.2) is 5.69 Å². The third-order valence-electron chi connectivity index (χ3n) is 4.12. The minimum Gasteiger partial charge on any atom is -0.481 e. The third-order valence-corrected chi connectivity index (χ3v) is 4.37. The van der Waals surface area contributed by atoms with Crippen LogP contribution in [-0.2, 0) is 11.0 Å². The lowest BCUT2D eigenvalue weighted by Crippen LogP contribution is -2.30. The molecule has 2 N–H and O–H groups in total. The summed E-state index contributed by atoms with van der Waals surface area (Å²) < 4.78 is 39.7. The molecular formula is C19H14ClF3N4O3. The van der Waals surface area contributed by atoms with Gasteiger partial charge in [-0.15, -0.1) is 5.10 Å². The van der Waals surface area contributed by atoms with Gasteiger partial charge in [0, 0.05) is 5.02 Å². The monoisotopic (exact) mass is 438 g/mol. The van der Waals surface area contributed by atoms with Gasteiger partial charge in [0.05, 0.1) is 29.9 Å². The lowest BCUT2D eigenvalue weighted by Gasteiger charge is -2.16.